The molecule has 0 saturated carbocycles. The zero-order valence-corrected chi connectivity index (χ0v) is 9.99. The summed E-state index contributed by atoms with van der Waals surface area (Å²) in [6.07, 6.45) is 0. The van der Waals surface area contributed by atoms with Crippen LogP contribution >= 0.6 is 11.8 Å². The van der Waals surface area contributed by atoms with Crippen LogP contribution in [0.2, 0.25) is 0 Å². The number of hydrogen-bond acceptors (Lipinski definition) is 5. The van der Waals surface area contributed by atoms with Crippen molar-refractivity contribution in [1.29, 1.82) is 0 Å². The Morgan fingerprint density at radius 1 is 1.22 bits per heavy atom. The molecule has 1 aliphatic heterocycles. The van der Waals surface area contributed by atoms with Crippen LogP contribution in [0.4, 0.5) is 5.69 Å². The molecule has 18 heavy (non-hydrogen) atoms. The number of para-hydroxylation sites is 1. The predicted molar refractivity (Wildman–Crippen MR) is 65.8 cm³/mol. The molecule has 0 aromatic heterocycles. The van der Waals surface area contributed by atoms with Gasteiger partial charge in [0, 0.05) is 5.56 Å². The smallest absolute Gasteiger partial charge is 0.144 e. The zero-order chi connectivity index (χ0) is 12.7. The van der Waals surface area contributed by atoms with Crippen LogP contribution in [0, 0.1) is 0 Å². The molecule has 5 heteroatoms. The Morgan fingerprint density at radius 3 is 2.78 bits per heavy atom. The molecule has 3 rings (SSSR count). The van der Waals surface area contributed by atoms with Crippen LogP contribution in [-0.2, 0) is 0 Å². The van der Waals surface area contributed by atoms with Crippen molar-refractivity contribution in [2.75, 3.05) is 5.73 Å². The molecule has 0 radical (unpaired) electrons. The van der Waals surface area contributed by atoms with Crippen molar-refractivity contribution in [3.05, 3.63) is 42.0 Å². The zero-order valence-electron chi connectivity index (χ0n) is 9.17. The second-order valence-corrected chi connectivity index (χ2v) is 4.88. The molecular weight excluding hydrogens is 250 g/mol. The van der Waals surface area contributed by atoms with Crippen LogP contribution in [0.3, 0.4) is 0 Å². The van der Waals surface area contributed by atoms with Gasteiger partial charge in [-0.05, 0) is 24.3 Å². The molecule has 1 aliphatic rings. The van der Waals surface area contributed by atoms with Gasteiger partial charge in [0.15, 0.2) is 0 Å². The third-order valence-electron chi connectivity index (χ3n) is 2.60. The molecule has 90 valence electrons. The van der Waals surface area contributed by atoms with E-state index >= 15 is 0 Å². The van der Waals surface area contributed by atoms with E-state index in [1.807, 2.05) is 24.3 Å². The van der Waals surface area contributed by atoms with Gasteiger partial charge in [-0.25, -0.2) is 0 Å². The Hall–Kier alpha value is -2.14. The first-order valence-electron chi connectivity index (χ1n) is 5.25. The summed E-state index contributed by atoms with van der Waals surface area (Å²) in [5, 5.41) is 10.9. The molecule has 4 nitrogen and oxygen atoms in total. The van der Waals surface area contributed by atoms with Crippen molar-refractivity contribution in [3.8, 4) is 11.5 Å². The number of nitrogen functional groups attached to an aromatic ring is 1. The average molecular weight is 258 g/mol. The van der Waals surface area contributed by atoms with E-state index < -0.39 is 5.97 Å². The van der Waals surface area contributed by atoms with Crippen LogP contribution in [-0.4, -0.2) is 5.97 Å². The van der Waals surface area contributed by atoms with Gasteiger partial charge in [0.2, 0.25) is 0 Å². The molecule has 0 unspecified atom stereocenters. The minimum atomic E-state index is -1.27. The fourth-order valence-corrected chi connectivity index (χ4v) is 2.73. The maximum Gasteiger partial charge on any atom is 0.144 e. The van der Waals surface area contributed by atoms with Crippen molar-refractivity contribution >= 4 is 23.4 Å². The third kappa shape index (κ3) is 1.69. The van der Waals surface area contributed by atoms with Crippen molar-refractivity contribution < 1.29 is 14.6 Å². The van der Waals surface area contributed by atoms with E-state index in [0.717, 1.165) is 9.79 Å². The number of aromatic carboxylic acids is 1. The van der Waals surface area contributed by atoms with E-state index in [-0.39, 0.29) is 5.56 Å². The Labute approximate surface area is 107 Å². The quantitative estimate of drug-likeness (QED) is 0.674. The molecule has 0 atom stereocenters. The van der Waals surface area contributed by atoms with E-state index in [1.165, 1.54) is 23.9 Å². The number of ether oxygens (including phenoxy) is 1. The Morgan fingerprint density at radius 2 is 2.00 bits per heavy atom. The minimum Gasteiger partial charge on any atom is -0.545 e. The molecule has 0 fully saturated rings. The highest BCUT2D eigenvalue weighted by Crippen LogP contribution is 2.49. The highest BCUT2D eigenvalue weighted by atomic mass is 32.2. The van der Waals surface area contributed by atoms with Crippen molar-refractivity contribution in [2.45, 2.75) is 9.79 Å². The lowest BCUT2D eigenvalue weighted by Gasteiger charge is -2.21. The van der Waals surface area contributed by atoms with Crippen LogP contribution < -0.4 is 15.6 Å². The first kappa shape index (κ1) is 11.0. The maximum atomic E-state index is 10.9. The van der Waals surface area contributed by atoms with E-state index in [4.69, 9.17) is 10.5 Å². The molecule has 0 saturated heterocycles. The summed E-state index contributed by atoms with van der Waals surface area (Å²) in [5.74, 6) is -0.111. The second kappa shape index (κ2) is 3.96. The fourth-order valence-electron chi connectivity index (χ4n) is 1.77. The van der Waals surface area contributed by atoms with Crippen molar-refractivity contribution in [3.63, 3.8) is 0 Å². The molecule has 0 amide bonds. The largest absolute Gasteiger partial charge is 0.545 e. The first-order valence-corrected chi connectivity index (χ1v) is 6.06. The summed E-state index contributed by atoms with van der Waals surface area (Å²) in [6, 6.07) is 10.3. The van der Waals surface area contributed by atoms with Gasteiger partial charge in [0.25, 0.3) is 0 Å². The van der Waals surface area contributed by atoms with Crippen LogP contribution in [0.25, 0.3) is 0 Å². The first-order chi connectivity index (χ1) is 8.65. The van der Waals surface area contributed by atoms with Gasteiger partial charge in [-0.15, -0.1) is 0 Å². The summed E-state index contributed by atoms with van der Waals surface area (Å²) >= 11 is 1.47. The third-order valence-corrected chi connectivity index (χ3v) is 3.80. The standard InChI is InChI=1S/C13H9NO3S/c14-8-5-7(13(15)16)6-10-12(8)18-11-4-2-1-3-9(11)17-10/h1-6H,14H2,(H,15,16)/p-1. The summed E-state index contributed by atoms with van der Waals surface area (Å²) in [7, 11) is 0. The van der Waals surface area contributed by atoms with Gasteiger partial charge in [-0.3, -0.25) is 0 Å². The monoisotopic (exact) mass is 258 g/mol. The number of rotatable bonds is 1. The fraction of sp³-hybridized carbons (Fsp3) is 0. The summed E-state index contributed by atoms with van der Waals surface area (Å²) < 4.78 is 5.66. The lowest BCUT2D eigenvalue weighted by Crippen LogP contribution is -2.22. The number of carboxylic acid groups (broad SMARTS) is 1. The lowest BCUT2D eigenvalue weighted by molar-refractivity contribution is -0.255. The second-order valence-electron chi connectivity index (χ2n) is 3.83. The van der Waals surface area contributed by atoms with E-state index in [2.05, 4.69) is 0 Å². The van der Waals surface area contributed by atoms with Crippen LogP contribution in [0.5, 0.6) is 11.5 Å². The van der Waals surface area contributed by atoms with Crippen molar-refractivity contribution in [2.24, 2.45) is 0 Å². The average Bonchev–Trinajstić information content (AvgIpc) is 2.36. The summed E-state index contributed by atoms with van der Waals surface area (Å²) in [4.78, 5) is 12.5. The number of benzene rings is 2. The molecular formula is C13H8NO3S-. The highest BCUT2D eigenvalue weighted by molar-refractivity contribution is 7.99. The van der Waals surface area contributed by atoms with Gasteiger partial charge in [0.05, 0.1) is 21.4 Å². The SMILES string of the molecule is Nc1cc(C(=O)[O-])cc2c1Sc1ccccc1O2. The van der Waals surface area contributed by atoms with E-state index in [1.54, 1.807) is 0 Å². The number of hydrogen-bond donors (Lipinski definition) is 1. The molecule has 2 aromatic carbocycles. The van der Waals surface area contributed by atoms with Gasteiger partial charge in [0.1, 0.15) is 11.5 Å². The van der Waals surface area contributed by atoms with Crippen LogP contribution in [0.1, 0.15) is 10.4 Å². The molecule has 1 heterocycles. The molecule has 0 spiro atoms. The van der Waals surface area contributed by atoms with E-state index in [9.17, 15) is 9.90 Å². The Bertz CT molecular complexity index is 655. The highest BCUT2D eigenvalue weighted by Gasteiger charge is 2.20. The Balaban J connectivity index is 2.13. The molecule has 2 aromatic rings. The normalized spacial score (nSPS) is 12.2. The minimum absolute atomic E-state index is 0.0197. The number of fused-ring (bicyclic) bond motifs is 2. The van der Waals surface area contributed by atoms with Gasteiger partial charge in [-0.2, -0.15) is 0 Å². The van der Waals surface area contributed by atoms with Gasteiger partial charge >= 0.3 is 0 Å². The number of nitrogens with two attached hydrogens (primary N) is 1. The number of carbonyl (C=O) groups is 1. The maximum absolute atomic E-state index is 10.9. The number of anilines is 1. The van der Waals surface area contributed by atoms with Crippen molar-refractivity contribution in [1.82, 2.24) is 0 Å². The topological polar surface area (TPSA) is 75.4 Å². The van der Waals surface area contributed by atoms with E-state index in [0.29, 0.717) is 17.2 Å². The number of carboxylic acids is 1. The van der Waals surface area contributed by atoms with Crippen LogP contribution in [0.15, 0.2) is 46.2 Å². The number of carbonyl (C=O) groups excluding carboxylic acids is 1. The summed E-state index contributed by atoms with van der Waals surface area (Å²) in [5.41, 5.74) is 6.25. The Kier molecular flexibility index (Phi) is 2.41. The molecule has 2 N–H and O–H groups in total. The molecule has 0 bridgehead atoms. The van der Waals surface area contributed by atoms with Gasteiger partial charge in [-0.1, -0.05) is 23.9 Å². The summed E-state index contributed by atoms with van der Waals surface area (Å²) in [6.45, 7) is 0. The lowest BCUT2D eigenvalue weighted by atomic mass is 10.2. The van der Waals surface area contributed by atoms with Gasteiger partial charge < -0.3 is 20.4 Å². The predicted octanol–water partition coefficient (Wildman–Crippen LogP) is 1.89. The molecule has 0 aliphatic carbocycles.